The summed E-state index contributed by atoms with van der Waals surface area (Å²) in [6, 6.07) is 0.830. The van der Waals surface area contributed by atoms with Crippen molar-refractivity contribution in [1.29, 1.82) is 0 Å². The van der Waals surface area contributed by atoms with E-state index in [9.17, 15) is 0 Å². The Morgan fingerprint density at radius 3 is 2.33 bits per heavy atom. The van der Waals surface area contributed by atoms with E-state index < -0.39 is 0 Å². The molecule has 0 aromatic carbocycles. The molecule has 122 valence electrons. The van der Waals surface area contributed by atoms with E-state index in [4.69, 9.17) is 4.74 Å². The summed E-state index contributed by atoms with van der Waals surface area (Å²) in [4.78, 5) is 2.56. The van der Waals surface area contributed by atoms with Crippen molar-refractivity contribution in [2.75, 3.05) is 20.2 Å². The van der Waals surface area contributed by atoms with Crippen LogP contribution in [0.1, 0.15) is 77.0 Å². The van der Waals surface area contributed by atoms with Gasteiger partial charge in [0.05, 0.1) is 12.7 Å². The van der Waals surface area contributed by atoms with Crippen molar-refractivity contribution in [2.45, 2.75) is 89.2 Å². The number of hydrogen-bond donors (Lipinski definition) is 0. The third-order valence-electron chi connectivity index (χ3n) is 6.49. The molecule has 0 heterocycles. The zero-order valence-electron chi connectivity index (χ0n) is 14.1. The third kappa shape index (κ3) is 4.45. The van der Waals surface area contributed by atoms with E-state index in [1.165, 1.54) is 77.0 Å². The molecule has 0 bridgehead atoms. The summed E-state index contributed by atoms with van der Waals surface area (Å²) in [5, 5.41) is 0. The van der Waals surface area contributed by atoms with Gasteiger partial charge in [-0.05, 0) is 51.0 Å². The van der Waals surface area contributed by atoms with Gasteiger partial charge in [0.1, 0.15) is 0 Å². The molecular weight excluding hydrogens is 258 g/mol. The predicted octanol–water partition coefficient (Wildman–Crippen LogP) is 4.63. The van der Waals surface area contributed by atoms with Crippen LogP contribution in [-0.2, 0) is 4.74 Å². The smallest absolute Gasteiger partial charge is 0.0597 e. The molecule has 0 spiro atoms. The fourth-order valence-corrected chi connectivity index (χ4v) is 5.05. The first-order valence-corrected chi connectivity index (χ1v) is 9.65. The Hall–Kier alpha value is -0.0800. The van der Waals surface area contributed by atoms with Crippen molar-refractivity contribution < 1.29 is 4.74 Å². The van der Waals surface area contributed by atoms with Crippen molar-refractivity contribution >= 4 is 0 Å². The maximum absolute atomic E-state index is 6.25. The van der Waals surface area contributed by atoms with E-state index >= 15 is 0 Å². The molecule has 0 amide bonds. The fourth-order valence-electron chi connectivity index (χ4n) is 5.05. The minimum absolute atomic E-state index is 0.573. The van der Waals surface area contributed by atoms with Crippen LogP contribution in [0.25, 0.3) is 0 Å². The summed E-state index contributed by atoms with van der Waals surface area (Å²) in [7, 11) is 2.30. The van der Waals surface area contributed by atoms with Crippen LogP contribution in [0, 0.1) is 11.8 Å². The summed E-state index contributed by atoms with van der Waals surface area (Å²) < 4.78 is 6.25. The topological polar surface area (TPSA) is 12.5 Å². The summed E-state index contributed by atoms with van der Waals surface area (Å²) in [5.74, 6) is 2.04. The van der Waals surface area contributed by atoms with E-state index in [1.54, 1.807) is 0 Å². The highest BCUT2D eigenvalue weighted by Gasteiger charge is 2.32. The van der Waals surface area contributed by atoms with E-state index in [0.29, 0.717) is 6.10 Å². The molecule has 0 radical (unpaired) electrons. The first-order chi connectivity index (χ1) is 10.3. The first kappa shape index (κ1) is 15.8. The summed E-state index contributed by atoms with van der Waals surface area (Å²) in [6.07, 6.45) is 17.8. The van der Waals surface area contributed by atoms with Crippen LogP contribution in [0.15, 0.2) is 0 Å². The Balaban J connectivity index is 1.33. The Bertz CT molecular complexity index is 300. The standard InChI is InChI=1S/C19H35NO/c1-20(18-9-3-2-4-10-18)13-14-21-19-12-11-16-7-5-6-8-17(16)15-19/h16-19H,2-15H2,1H3. The van der Waals surface area contributed by atoms with Crippen LogP contribution in [0.4, 0.5) is 0 Å². The molecule has 2 heteroatoms. The van der Waals surface area contributed by atoms with Gasteiger partial charge in [0.15, 0.2) is 0 Å². The SMILES string of the molecule is CN(CCOC1CCC2CCCCC2C1)C1CCCCC1. The Kier molecular flexibility index (Phi) is 5.99. The van der Waals surface area contributed by atoms with E-state index in [-0.39, 0.29) is 0 Å². The van der Waals surface area contributed by atoms with Crippen LogP contribution < -0.4 is 0 Å². The average molecular weight is 293 g/mol. The van der Waals surface area contributed by atoms with Crippen molar-refractivity contribution in [1.82, 2.24) is 4.90 Å². The van der Waals surface area contributed by atoms with Crippen LogP contribution in [0.5, 0.6) is 0 Å². The normalized spacial score (nSPS) is 34.9. The number of likely N-dealkylation sites (N-methyl/N-ethyl adjacent to an activating group) is 1. The van der Waals surface area contributed by atoms with Crippen molar-refractivity contribution in [3.05, 3.63) is 0 Å². The molecule has 0 aromatic heterocycles. The van der Waals surface area contributed by atoms with Gasteiger partial charge in [-0.2, -0.15) is 0 Å². The number of ether oxygens (including phenoxy) is 1. The van der Waals surface area contributed by atoms with E-state index in [0.717, 1.165) is 31.0 Å². The minimum atomic E-state index is 0.573. The van der Waals surface area contributed by atoms with E-state index in [2.05, 4.69) is 11.9 Å². The second-order valence-electron chi connectivity index (χ2n) is 7.88. The zero-order chi connectivity index (χ0) is 14.5. The lowest BCUT2D eigenvalue weighted by Gasteiger charge is -2.39. The molecule has 0 aromatic rings. The summed E-state index contributed by atoms with van der Waals surface area (Å²) >= 11 is 0. The number of hydrogen-bond acceptors (Lipinski definition) is 2. The molecule has 3 atom stereocenters. The lowest BCUT2D eigenvalue weighted by atomic mass is 9.70. The van der Waals surface area contributed by atoms with Crippen molar-refractivity contribution in [3.63, 3.8) is 0 Å². The molecule has 3 fully saturated rings. The third-order valence-corrected chi connectivity index (χ3v) is 6.49. The highest BCUT2D eigenvalue weighted by atomic mass is 16.5. The van der Waals surface area contributed by atoms with Gasteiger partial charge < -0.3 is 9.64 Å². The molecule has 3 rings (SSSR count). The second kappa shape index (κ2) is 7.97. The Labute approximate surface area is 131 Å². The minimum Gasteiger partial charge on any atom is -0.377 e. The molecule has 0 saturated heterocycles. The molecule has 3 aliphatic rings. The van der Waals surface area contributed by atoms with Crippen LogP contribution >= 0.6 is 0 Å². The monoisotopic (exact) mass is 293 g/mol. The molecule has 3 aliphatic carbocycles. The van der Waals surface area contributed by atoms with Crippen LogP contribution in [-0.4, -0.2) is 37.2 Å². The van der Waals surface area contributed by atoms with Gasteiger partial charge in [-0.1, -0.05) is 44.9 Å². The molecule has 0 N–H and O–H groups in total. The van der Waals surface area contributed by atoms with Gasteiger partial charge in [-0.3, -0.25) is 0 Å². The molecule has 2 nitrogen and oxygen atoms in total. The van der Waals surface area contributed by atoms with Crippen LogP contribution in [0.2, 0.25) is 0 Å². The van der Waals surface area contributed by atoms with Gasteiger partial charge in [0.25, 0.3) is 0 Å². The average Bonchev–Trinajstić information content (AvgIpc) is 2.55. The maximum atomic E-state index is 6.25. The molecular formula is C19H35NO. The molecule has 21 heavy (non-hydrogen) atoms. The van der Waals surface area contributed by atoms with Gasteiger partial charge >= 0.3 is 0 Å². The van der Waals surface area contributed by atoms with Crippen molar-refractivity contribution in [3.8, 4) is 0 Å². The number of rotatable bonds is 5. The highest BCUT2D eigenvalue weighted by Crippen LogP contribution is 2.41. The van der Waals surface area contributed by atoms with Crippen molar-refractivity contribution in [2.24, 2.45) is 11.8 Å². The lowest BCUT2D eigenvalue weighted by molar-refractivity contribution is -0.0219. The fraction of sp³-hybridized carbons (Fsp3) is 1.00. The number of nitrogens with zero attached hydrogens (tertiary/aromatic N) is 1. The predicted molar refractivity (Wildman–Crippen MR) is 88.5 cm³/mol. The van der Waals surface area contributed by atoms with Gasteiger partial charge in [-0.25, -0.2) is 0 Å². The highest BCUT2D eigenvalue weighted by molar-refractivity contribution is 4.83. The molecule has 3 unspecified atom stereocenters. The lowest BCUT2D eigenvalue weighted by Crippen LogP contribution is -2.37. The largest absolute Gasteiger partial charge is 0.377 e. The maximum Gasteiger partial charge on any atom is 0.0597 e. The van der Waals surface area contributed by atoms with E-state index in [1.807, 2.05) is 0 Å². The van der Waals surface area contributed by atoms with Gasteiger partial charge in [0, 0.05) is 12.6 Å². The van der Waals surface area contributed by atoms with Gasteiger partial charge in [0.2, 0.25) is 0 Å². The number of fused-ring (bicyclic) bond motifs is 1. The molecule has 3 saturated carbocycles. The first-order valence-electron chi connectivity index (χ1n) is 9.65. The zero-order valence-corrected chi connectivity index (χ0v) is 14.1. The van der Waals surface area contributed by atoms with Gasteiger partial charge in [-0.15, -0.1) is 0 Å². The Morgan fingerprint density at radius 2 is 1.52 bits per heavy atom. The van der Waals surface area contributed by atoms with Crippen LogP contribution in [0.3, 0.4) is 0 Å². The summed E-state index contributed by atoms with van der Waals surface area (Å²) in [6.45, 7) is 2.09. The Morgan fingerprint density at radius 1 is 0.810 bits per heavy atom. The molecule has 0 aliphatic heterocycles. The second-order valence-corrected chi connectivity index (χ2v) is 7.88. The quantitative estimate of drug-likeness (QED) is 0.733. The summed E-state index contributed by atoms with van der Waals surface area (Å²) in [5.41, 5.74) is 0.